The molecule has 1 aliphatic heterocycles. The number of aryl methyl sites for hydroxylation is 2. The molecule has 0 saturated heterocycles. The molecule has 1 aliphatic rings. The predicted octanol–water partition coefficient (Wildman–Crippen LogP) is 4.49. The number of halogens is 1. The molecule has 0 saturated carbocycles. The third-order valence-corrected chi connectivity index (χ3v) is 6.20. The molecule has 6 nitrogen and oxygen atoms in total. The van der Waals surface area contributed by atoms with Gasteiger partial charge in [0.05, 0.1) is 17.4 Å². The summed E-state index contributed by atoms with van der Waals surface area (Å²) in [5.41, 5.74) is 6.28. The summed E-state index contributed by atoms with van der Waals surface area (Å²) in [7, 11) is 1.94. The molecule has 5 rings (SSSR count). The number of rotatable bonds is 3. The van der Waals surface area contributed by atoms with E-state index in [0.717, 1.165) is 40.9 Å². The van der Waals surface area contributed by atoms with E-state index in [4.69, 9.17) is 4.74 Å². The van der Waals surface area contributed by atoms with E-state index in [2.05, 4.69) is 21.9 Å². The van der Waals surface area contributed by atoms with Crippen molar-refractivity contribution in [2.45, 2.75) is 26.9 Å². The molecule has 7 heteroatoms. The van der Waals surface area contributed by atoms with Crippen molar-refractivity contribution in [2.24, 2.45) is 7.05 Å². The third kappa shape index (κ3) is 3.69. The van der Waals surface area contributed by atoms with E-state index in [1.54, 1.807) is 12.1 Å². The Kier molecular flexibility index (Phi) is 5.06. The van der Waals surface area contributed by atoms with Crippen LogP contribution < -0.4 is 4.74 Å². The quantitative estimate of drug-likeness (QED) is 0.517. The topological polar surface area (TPSA) is 63.4 Å². The van der Waals surface area contributed by atoms with Gasteiger partial charge in [-0.1, -0.05) is 0 Å². The molecular formula is C25H25FN4O2. The molecule has 32 heavy (non-hydrogen) atoms. The van der Waals surface area contributed by atoms with E-state index >= 15 is 0 Å². The van der Waals surface area contributed by atoms with Crippen LogP contribution in [0.4, 0.5) is 4.39 Å². The minimum atomic E-state index is -0.318. The summed E-state index contributed by atoms with van der Waals surface area (Å²) in [5, 5.41) is 16.0. The Hall–Kier alpha value is -3.45. The highest BCUT2D eigenvalue weighted by Crippen LogP contribution is 2.38. The van der Waals surface area contributed by atoms with Gasteiger partial charge in [-0.3, -0.25) is 9.58 Å². The molecule has 1 N–H and O–H groups in total. The maximum absolute atomic E-state index is 13.8. The summed E-state index contributed by atoms with van der Waals surface area (Å²) in [5.74, 6) is 0.291. The Morgan fingerprint density at radius 3 is 2.78 bits per heavy atom. The number of ether oxygens (including phenoxy) is 1. The van der Waals surface area contributed by atoms with Gasteiger partial charge in [0.1, 0.15) is 12.4 Å². The normalized spacial score (nSPS) is 14.2. The van der Waals surface area contributed by atoms with Crippen molar-refractivity contribution in [3.8, 4) is 22.8 Å². The molecule has 164 valence electrons. The predicted molar refractivity (Wildman–Crippen MR) is 121 cm³/mol. The van der Waals surface area contributed by atoms with Crippen LogP contribution in [0.15, 0.2) is 42.6 Å². The van der Waals surface area contributed by atoms with E-state index in [1.165, 1.54) is 17.7 Å². The zero-order valence-corrected chi connectivity index (χ0v) is 18.4. The van der Waals surface area contributed by atoms with Crippen LogP contribution in [-0.2, 0) is 20.1 Å². The summed E-state index contributed by atoms with van der Waals surface area (Å²) >= 11 is 0. The van der Waals surface area contributed by atoms with Gasteiger partial charge in [0, 0.05) is 60.5 Å². The van der Waals surface area contributed by atoms with Gasteiger partial charge in [-0.25, -0.2) is 9.37 Å². The lowest BCUT2D eigenvalue weighted by molar-refractivity contribution is 0.217. The molecule has 0 aliphatic carbocycles. The molecule has 0 radical (unpaired) electrons. The second-order valence-electron chi connectivity index (χ2n) is 8.41. The van der Waals surface area contributed by atoms with Crippen LogP contribution in [0.3, 0.4) is 0 Å². The van der Waals surface area contributed by atoms with Crippen LogP contribution >= 0.6 is 0 Å². The van der Waals surface area contributed by atoms with Gasteiger partial charge in [0.2, 0.25) is 0 Å². The van der Waals surface area contributed by atoms with Crippen LogP contribution in [-0.4, -0.2) is 37.9 Å². The first kappa shape index (κ1) is 20.5. The summed E-state index contributed by atoms with van der Waals surface area (Å²) in [4.78, 5) is 6.95. The second kappa shape index (κ2) is 7.91. The first-order chi connectivity index (χ1) is 15.4. The van der Waals surface area contributed by atoms with Gasteiger partial charge >= 0.3 is 0 Å². The third-order valence-electron chi connectivity index (χ3n) is 6.20. The fourth-order valence-corrected chi connectivity index (χ4v) is 4.30. The van der Waals surface area contributed by atoms with Crippen molar-refractivity contribution in [2.75, 3.05) is 13.2 Å². The number of pyridine rings is 1. The largest absolute Gasteiger partial charge is 0.504 e. The average molecular weight is 432 g/mol. The number of aromatic hydroxyl groups is 1. The minimum absolute atomic E-state index is 0.0932. The Balaban J connectivity index is 1.52. The van der Waals surface area contributed by atoms with Gasteiger partial charge in [0.25, 0.3) is 0 Å². The molecule has 0 unspecified atom stereocenters. The SMILES string of the molecule is Cc1cc(-c2cc(O)c3c(c2)CN(Cc2cnn(C)c2C)CCO3)nc2cc(F)ccc12. The van der Waals surface area contributed by atoms with Gasteiger partial charge in [-0.15, -0.1) is 0 Å². The highest BCUT2D eigenvalue weighted by atomic mass is 19.1. The van der Waals surface area contributed by atoms with Gasteiger partial charge in [0.15, 0.2) is 11.5 Å². The summed E-state index contributed by atoms with van der Waals surface area (Å²) in [6, 6.07) is 10.3. The number of aromatic nitrogens is 3. The summed E-state index contributed by atoms with van der Waals surface area (Å²) in [6.45, 7) is 6.66. The molecule has 0 amide bonds. The highest BCUT2D eigenvalue weighted by molar-refractivity contribution is 5.85. The van der Waals surface area contributed by atoms with Crippen molar-refractivity contribution in [1.29, 1.82) is 0 Å². The van der Waals surface area contributed by atoms with Crippen LogP contribution in [0, 0.1) is 19.7 Å². The average Bonchev–Trinajstić information content (AvgIpc) is 2.95. The van der Waals surface area contributed by atoms with Gasteiger partial charge in [-0.05, 0) is 49.7 Å². The zero-order valence-electron chi connectivity index (χ0n) is 18.4. The van der Waals surface area contributed by atoms with Crippen LogP contribution in [0.25, 0.3) is 22.2 Å². The number of phenols is 1. The van der Waals surface area contributed by atoms with Gasteiger partial charge < -0.3 is 9.84 Å². The maximum atomic E-state index is 13.8. The number of benzene rings is 2. The monoisotopic (exact) mass is 432 g/mol. The number of fused-ring (bicyclic) bond motifs is 2. The molecule has 3 heterocycles. The van der Waals surface area contributed by atoms with E-state index in [-0.39, 0.29) is 11.6 Å². The second-order valence-corrected chi connectivity index (χ2v) is 8.41. The number of phenolic OH excluding ortho intramolecular Hbond substituents is 1. The maximum Gasteiger partial charge on any atom is 0.165 e. The van der Waals surface area contributed by atoms with Crippen molar-refractivity contribution in [3.63, 3.8) is 0 Å². The molecule has 0 fully saturated rings. The lowest BCUT2D eigenvalue weighted by Crippen LogP contribution is -2.25. The molecular weight excluding hydrogens is 407 g/mol. The molecule has 0 bridgehead atoms. The highest BCUT2D eigenvalue weighted by Gasteiger charge is 2.21. The molecule has 0 atom stereocenters. The van der Waals surface area contributed by atoms with E-state index in [0.29, 0.717) is 30.1 Å². The number of nitrogens with zero attached hydrogens (tertiary/aromatic N) is 4. The fraction of sp³-hybridized carbons (Fsp3) is 0.280. The summed E-state index contributed by atoms with van der Waals surface area (Å²) < 4.78 is 21.6. The zero-order chi connectivity index (χ0) is 22.4. The molecule has 2 aromatic carbocycles. The van der Waals surface area contributed by atoms with Gasteiger partial charge in [-0.2, -0.15) is 5.10 Å². The summed E-state index contributed by atoms with van der Waals surface area (Å²) in [6.07, 6.45) is 1.90. The smallest absolute Gasteiger partial charge is 0.165 e. The minimum Gasteiger partial charge on any atom is -0.504 e. The first-order valence-corrected chi connectivity index (χ1v) is 10.6. The standard InChI is InChI=1S/C25H25FN4O2/c1-15-8-22(28-23-11-20(26)4-5-21(15)23)17-9-18-13-30(6-7-32-25(18)24(31)10-17)14-19-12-27-29(3)16(19)2/h4-5,8-12,31H,6-7,13-14H2,1-3H3. The Morgan fingerprint density at radius 2 is 2.00 bits per heavy atom. The van der Waals surface area contributed by atoms with Crippen LogP contribution in [0.1, 0.15) is 22.4 Å². The Labute approximate surface area is 185 Å². The first-order valence-electron chi connectivity index (χ1n) is 10.6. The van der Waals surface area contributed by atoms with E-state index in [9.17, 15) is 9.50 Å². The molecule has 4 aromatic rings. The van der Waals surface area contributed by atoms with Crippen molar-refractivity contribution >= 4 is 10.9 Å². The van der Waals surface area contributed by atoms with E-state index in [1.807, 2.05) is 37.0 Å². The number of hydrogen-bond donors (Lipinski definition) is 1. The van der Waals surface area contributed by atoms with Crippen LogP contribution in [0.2, 0.25) is 0 Å². The lowest BCUT2D eigenvalue weighted by atomic mass is 10.0. The van der Waals surface area contributed by atoms with Crippen LogP contribution in [0.5, 0.6) is 11.5 Å². The lowest BCUT2D eigenvalue weighted by Gasteiger charge is -2.19. The van der Waals surface area contributed by atoms with E-state index < -0.39 is 0 Å². The molecule has 0 spiro atoms. The Morgan fingerprint density at radius 1 is 1.16 bits per heavy atom. The van der Waals surface area contributed by atoms with Crippen molar-refractivity contribution in [3.05, 3.63) is 70.8 Å². The van der Waals surface area contributed by atoms with Crippen molar-refractivity contribution < 1.29 is 14.2 Å². The Bertz CT molecular complexity index is 1330. The van der Waals surface area contributed by atoms with Crippen molar-refractivity contribution in [1.82, 2.24) is 19.7 Å². The fourth-order valence-electron chi connectivity index (χ4n) is 4.30. The number of hydrogen-bond acceptors (Lipinski definition) is 5. The molecule has 2 aromatic heterocycles.